The summed E-state index contributed by atoms with van der Waals surface area (Å²) in [5, 5.41) is 0.962. The molecule has 136 valence electrons. The van der Waals surface area contributed by atoms with Crippen molar-refractivity contribution in [2.45, 2.75) is 18.6 Å². The van der Waals surface area contributed by atoms with Crippen molar-refractivity contribution in [1.29, 1.82) is 0 Å². The Balaban J connectivity index is 1.50. The molecule has 3 aromatic rings. The van der Waals surface area contributed by atoms with Gasteiger partial charge < -0.3 is 14.8 Å². The van der Waals surface area contributed by atoms with E-state index < -0.39 is 11.7 Å². The van der Waals surface area contributed by atoms with E-state index in [0.717, 1.165) is 48.6 Å². The molecule has 26 heavy (non-hydrogen) atoms. The van der Waals surface area contributed by atoms with Crippen molar-refractivity contribution in [2.24, 2.45) is 0 Å². The first-order valence-electron chi connectivity index (χ1n) is 8.22. The molecule has 0 amide bonds. The molecule has 1 saturated heterocycles. The number of nitrogens with one attached hydrogen (secondary N) is 1. The van der Waals surface area contributed by atoms with Gasteiger partial charge in [-0.05, 0) is 24.6 Å². The van der Waals surface area contributed by atoms with E-state index in [9.17, 15) is 13.2 Å². The maximum atomic E-state index is 12.7. The number of H-pyrrole nitrogens is 1. The standard InChI is InChI=1S/C17H17F3N6/c1-25(14-3-2-11(8-22-14)17(18,19)20)12-5-7-26(9-12)16-13-4-6-21-15(13)23-10-24-16/h2-4,6,8,10,12H,5,7,9H2,1H3,(H,21,23,24). The highest BCUT2D eigenvalue weighted by molar-refractivity contribution is 5.87. The zero-order chi connectivity index (χ0) is 18.3. The van der Waals surface area contributed by atoms with E-state index in [-0.39, 0.29) is 6.04 Å². The van der Waals surface area contributed by atoms with Crippen molar-refractivity contribution in [3.05, 3.63) is 42.5 Å². The minimum atomic E-state index is -4.37. The van der Waals surface area contributed by atoms with Crippen LogP contribution in [-0.2, 0) is 6.18 Å². The third-order valence-electron chi connectivity index (χ3n) is 4.78. The molecule has 4 heterocycles. The molecule has 3 aromatic heterocycles. The molecule has 1 fully saturated rings. The number of aromatic amines is 1. The molecule has 1 N–H and O–H groups in total. The number of halogens is 3. The van der Waals surface area contributed by atoms with Gasteiger partial charge in [0.05, 0.1) is 10.9 Å². The minimum absolute atomic E-state index is 0.142. The number of hydrogen-bond donors (Lipinski definition) is 1. The average molecular weight is 362 g/mol. The summed E-state index contributed by atoms with van der Waals surface area (Å²) in [4.78, 5) is 19.8. The van der Waals surface area contributed by atoms with Gasteiger partial charge in [0.25, 0.3) is 0 Å². The van der Waals surface area contributed by atoms with E-state index in [1.165, 1.54) is 12.4 Å². The molecular formula is C17H17F3N6. The Bertz CT molecular complexity index is 905. The Labute approximate surface area is 147 Å². The van der Waals surface area contributed by atoms with Gasteiger partial charge in [0.2, 0.25) is 0 Å². The Morgan fingerprint density at radius 2 is 2.04 bits per heavy atom. The number of nitrogens with zero attached hydrogens (tertiary/aromatic N) is 5. The van der Waals surface area contributed by atoms with Gasteiger partial charge in [0.1, 0.15) is 23.6 Å². The van der Waals surface area contributed by atoms with Gasteiger partial charge >= 0.3 is 6.18 Å². The molecule has 9 heteroatoms. The van der Waals surface area contributed by atoms with Crippen molar-refractivity contribution < 1.29 is 13.2 Å². The van der Waals surface area contributed by atoms with Crippen molar-refractivity contribution in [3.8, 4) is 0 Å². The molecule has 6 nitrogen and oxygen atoms in total. The van der Waals surface area contributed by atoms with Gasteiger partial charge in [-0.25, -0.2) is 15.0 Å². The lowest BCUT2D eigenvalue weighted by Gasteiger charge is -2.26. The molecule has 0 aliphatic carbocycles. The van der Waals surface area contributed by atoms with E-state index in [0.29, 0.717) is 5.82 Å². The van der Waals surface area contributed by atoms with Gasteiger partial charge in [-0.1, -0.05) is 0 Å². The Morgan fingerprint density at radius 1 is 1.19 bits per heavy atom. The first-order valence-corrected chi connectivity index (χ1v) is 8.22. The predicted octanol–water partition coefficient (Wildman–Crippen LogP) is 3.09. The highest BCUT2D eigenvalue weighted by Gasteiger charge is 2.32. The molecule has 1 unspecified atom stereocenters. The summed E-state index contributed by atoms with van der Waals surface area (Å²) in [6.45, 7) is 1.53. The van der Waals surface area contributed by atoms with E-state index >= 15 is 0 Å². The number of aromatic nitrogens is 4. The van der Waals surface area contributed by atoms with Crippen LogP contribution in [0.3, 0.4) is 0 Å². The third kappa shape index (κ3) is 2.93. The van der Waals surface area contributed by atoms with Gasteiger partial charge in [-0.2, -0.15) is 13.2 Å². The van der Waals surface area contributed by atoms with E-state index in [2.05, 4.69) is 24.8 Å². The minimum Gasteiger partial charge on any atom is -0.355 e. The highest BCUT2D eigenvalue weighted by atomic mass is 19.4. The molecule has 0 aromatic carbocycles. The maximum absolute atomic E-state index is 12.7. The lowest BCUT2D eigenvalue weighted by molar-refractivity contribution is -0.137. The Kier molecular flexibility index (Phi) is 3.93. The monoisotopic (exact) mass is 362 g/mol. The number of rotatable bonds is 3. The highest BCUT2D eigenvalue weighted by Crippen LogP contribution is 2.31. The van der Waals surface area contributed by atoms with E-state index in [4.69, 9.17) is 0 Å². The number of fused-ring (bicyclic) bond motifs is 1. The lowest BCUT2D eigenvalue weighted by atomic mass is 10.2. The fourth-order valence-electron chi connectivity index (χ4n) is 3.31. The molecule has 4 rings (SSSR count). The van der Waals surface area contributed by atoms with Crippen LogP contribution in [-0.4, -0.2) is 46.1 Å². The number of pyridine rings is 1. The molecule has 0 saturated carbocycles. The normalized spacial score (nSPS) is 17.8. The largest absolute Gasteiger partial charge is 0.417 e. The van der Waals surface area contributed by atoms with E-state index in [1.807, 2.05) is 24.2 Å². The molecule has 0 radical (unpaired) electrons. The number of alkyl halides is 3. The molecular weight excluding hydrogens is 345 g/mol. The summed E-state index contributed by atoms with van der Waals surface area (Å²) >= 11 is 0. The van der Waals surface area contributed by atoms with Crippen molar-refractivity contribution >= 4 is 22.7 Å². The van der Waals surface area contributed by atoms with Crippen LogP contribution in [0.1, 0.15) is 12.0 Å². The molecule has 1 aliphatic heterocycles. The second kappa shape index (κ2) is 6.15. The fraction of sp³-hybridized carbons (Fsp3) is 0.353. The van der Waals surface area contributed by atoms with Crippen LogP contribution >= 0.6 is 0 Å². The molecule has 1 aliphatic rings. The van der Waals surface area contributed by atoms with Crippen LogP contribution in [0, 0.1) is 0 Å². The SMILES string of the molecule is CN(c1ccc(C(F)(F)F)cn1)C1CCN(c2ncnc3[nH]ccc23)C1. The van der Waals surface area contributed by atoms with E-state index in [1.54, 1.807) is 0 Å². The van der Waals surface area contributed by atoms with Crippen LogP contribution in [0.25, 0.3) is 11.0 Å². The summed E-state index contributed by atoms with van der Waals surface area (Å²) in [6, 6.07) is 4.57. The summed E-state index contributed by atoms with van der Waals surface area (Å²) in [5.74, 6) is 1.40. The van der Waals surface area contributed by atoms with Gasteiger partial charge in [0.15, 0.2) is 0 Å². The lowest BCUT2D eigenvalue weighted by Crippen LogP contribution is -2.35. The van der Waals surface area contributed by atoms with Gasteiger partial charge in [-0.15, -0.1) is 0 Å². The van der Waals surface area contributed by atoms with Crippen molar-refractivity contribution in [1.82, 2.24) is 19.9 Å². The topological polar surface area (TPSA) is 60.9 Å². The van der Waals surface area contributed by atoms with Crippen LogP contribution in [0.4, 0.5) is 24.8 Å². The summed E-state index contributed by atoms with van der Waals surface area (Å²) in [6.07, 6.45) is 0.738. The number of likely N-dealkylation sites (N-methyl/N-ethyl adjacent to an activating group) is 1. The number of anilines is 2. The van der Waals surface area contributed by atoms with Gasteiger partial charge in [0, 0.05) is 38.6 Å². The Hall–Kier alpha value is -2.84. The average Bonchev–Trinajstić information content (AvgIpc) is 3.29. The van der Waals surface area contributed by atoms with Gasteiger partial charge in [-0.3, -0.25) is 0 Å². The fourth-order valence-corrected chi connectivity index (χ4v) is 3.31. The second-order valence-corrected chi connectivity index (χ2v) is 6.34. The third-order valence-corrected chi connectivity index (χ3v) is 4.78. The summed E-state index contributed by atoms with van der Waals surface area (Å²) in [5.41, 5.74) is 0.0507. The summed E-state index contributed by atoms with van der Waals surface area (Å²) in [7, 11) is 1.86. The van der Waals surface area contributed by atoms with Crippen LogP contribution < -0.4 is 9.80 Å². The molecule has 1 atom stereocenters. The zero-order valence-electron chi connectivity index (χ0n) is 14.0. The van der Waals surface area contributed by atoms with Crippen LogP contribution in [0.5, 0.6) is 0 Å². The number of hydrogen-bond acceptors (Lipinski definition) is 5. The molecule has 0 bridgehead atoms. The Morgan fingerprint density at radius 3 is 2.77 bits per heavy atom. The smallest absolute Gasteiger partial charge is 0.355 e. The first kappa shape index (κ1) is 16.6. The molecule has 0 spiro atoms. The zero-order valence-corrected chi connectivity index (χ0v) is 14.0. The maximum Gasteiger partial charge on any atom is 0.417 e. The van der Waals surface area contributed by atoms with Crippen molar-refractivity contribution in [2.75, 3.05) is 29.9 Å². The quantitative estimate of drug-likeness (QED) is 0.776. The predicted molar refractivity (Wildman–Crippen MR) is 92.1 cm³/mol. The van der Waals surface area contributed by atoms with Crippen molar-refractivity contribution in [3.63, 3.8) is 0 Å². The van der Waals surface area contributed by atoms with Crippen LogP contribution in [0.2, 0.25) is 0 Å². The first-order chi connectivity index (χ1) is 12.4. The summed E-state index contributed by atoms with van der Waals surface area (Å²) < 4.78 is 38.1. The van der Waals surface area contributed by atoms with Crippen LogP contribution in [0.15, 0.2) is 36.9 Å². The second-order valence-electron chi connectivity index (χ2n) is 6.34.